The Hall–Kier alpha value is -2.43. The van der Waals surface area contributed by atoms with Crippen LogP contribution in [-0.2, 0) is 9.53 Å². The van der Waals surface area contributed by atoms with Gasteiger partial charge in [0.15, 0.2) is 0 Å². The van der Waals surface area contributed by atoms with E-state index in [9.17, 15) is 18.0 Å². The molecule has 1 aromatic carbocycles. The molecule has 1 unspecified atom stereocenters. The van der Waals surface area contributed by atoms with Gasteiger partial charge in [-0.15, -0.1) is 13.2 Å². The highest BCUT2D eigenvalue weighted by Crippen LogP contribution is 2.51. The molecule has 0 radical (unpaired) electrons. The SMILES string of the molecule is [C-]#[N+]c1ccc(OC(F)(F)F)cc1N1CCC2(CCC(CCOC=O)C2)CC1. The molecule has 3 rings (SSSR count). The molecule has 1 atom stereocenters. The summed E-state index contributed by atoms with van der Waals surface area (Å²) in [6.07, 6.45) is 1.34. The number of nitrogens with zero attached hydrogens (tertiary/aromatic N) is 2. The van der Waals surface area contributed by atoms with Crippen LogP contribution < -0.4 is 9.64 Å². The highest BCUT2D eigenvalue weighted by atomic mass is 19.4. The molecular weight excluding hydrogens is 373 g/mol. The van der Waals surface area contributed by atoms with Crippen molar-refractivity contribution in [2.24, 2.45) is 11.3 Å². The van der Waals surface area contributed by atoms with Crippen LogP contribution in [0.2, 0.25) is 0 Å². The van der Waals surface area contributed by atoms with Crippen molar-refractivity contribution in [3.05, 3.63) is 29.6 Å². The second-order valence-corrected chi connectivity index (χ2v) is 7.66. The van der Waals surface area contributed by atoms with Crippen molar-refractivity contribution in [1.82, 2.24) is 0 Å². The summed E-state index contributed by atoms with van der Waals surface area (Å²) in [4.78, 5) is 15.7. The van der Waals surface area contributed by atoms with Crippen LogP contribution in [0.5, 0.6) is 5.75 Å². The van der Waals surface area contributed by atoms with E-state index in [1.807, 2.05) is 4.90 Å². The first-order valence-electron chi connectivity index (χ1n) is 9.42. The number of piperidine rings is 1. The Morgan fingerprint density at radius 1 is 1.29 bits per heavy atom. The topological polar surface area (TPSA) is 43.1 Å². The minimum Gasteiger partial charge on any atom is -0.468 e. The fourth-order valence-electron chi connectivity index (χ4n) is 4.58. The van der Waals surface area contributed by atoms with Crippen LogP contribution in [0, 0.1) is 17.9 Å². The number of halogens is 3. The molecule has 1 saturated heterocycles. The van der Waals surface area contributed by atoms with Crippen LogP contribution in [0.3, 0.4) is 0 Å². The summed E-state index contributed by atoms with van der Waals surface area (Å²) in [5.74, 6) is 0.250. The summed E-state index contributed by atoms with van der Waals surface area (Å²) >= 11 is 0. The predicted molar refractivity (Wildman–Crippen MR) is 97.2 cm³/mol. The lowest BCUT2D eigenvalue weighted by molar-refractivity contribution is -0.274. The van der Waals surface area contributed by atoms with Crippen LogP contribution in [0.25, 0.3) is 4.85 Å². The summed E-state index contributed by atoms with van der Waals surface area (Å²) in [6, 6.07) is 3.87. The Morgan fingerprint density at radius 2 is 2.04 bits per heavy atom. The Kier molecular flexibility index (Phi) is 6.01. The van der Waals surface area contributed by atoms with Crippen LogP contribution in [0.4, 0.5) is 24.5 Å². The summed E-state index contributed by atoms with van der Waals surface area (Å²) in [5, 5.41) is 0. The Labute approximate surface area is 162 Å². The average molecular weight is 396 g/mol. The fraction of sp³-hybridized carbons (Fsp3) is 0.600. The lowest BCUT2D eigenvalue weighted by Gasteiger charge is -2.41. The van der Waals surface area contributed by atoms with E-state index in [4.69, 9.17) is 11.3 Å². The number of hydrogen-bond acceptors (Lipinski definition) is 4. The molecule has 2 aliphatic rings. The Morgan fingerprint density at radius 3 is 2.68 bits per heavy atom. The van der Waals surface area contributed by atoms with E-state index in [-0.39, 0.29) is 11.2 Å². The molecule has 1 spiro atoms. The molecule has 152 valence electrons. The smallest absolute Gasteiger partial charge is 0.468 e. The minimum atomic E-state index is -4.75. The van der Waals surface area contributed by atoms with Crippen molar-refractivity contribution in [3.8, 4) is 5.75 Å². The first kappa shape index (κ1) is 20.3. The van der Waals surface area contributed by atoms with Gasteiger partial charge in [-0.1, -0.05) is 6.07 Å². The second kappa shape index (κ2) is 8.29. The van der Waals surface area contributed by atoms with Gasteiger partial charge in [0.2, 0.25) is 5.69 Å². The van der Waals surface area contributed by atoms with Crippen molar-refractivity contribution in [2.45, 2.75) is 44.9 Å². The lowest BCUT2D eigenvalue weighted by atomic mass is 9.76. The number of ether oxygens (including phenoxy) is 2. The van der Waals surface area contributed by atoms with Crippen molar-refractivity contribution >= 4 is 17.8 Å². The zero-order valence-corrected chi connectivity index (χ0v) is 15.5. The minimum absolute atomic E-state index is 0.251. The van der Waals surface area contributed by atoms with E-state index in [0.717, 1.165) is 38.5 Å². The molecule has 5 nitrogen and oxygen atoms in total. The first-order valence-corrected chi connectivity index (χ1v) is 9.42. The Balaban J connectivity index is 1.64. The average Bonchev–Trinajstić information content (AvgIpc) is 3.04. The molecule has 1 aliphatic carbocycles. The van der Waals surface area contributed by atoms with E-state index >= 15 is 0 Å². The number of hydrogen-bond donors (Lipinski definition) is 0. The van der Waals surface area contributed by atoms with E-state index in [1.165, 1.54) is 18.2 Å². The van der Waals surface area contributed by atoms with Crippen molar-refractivity contribution in [2.75, 3.05) is 24.6 Å². The van der Waals surface area contributed by atoms with E-state index < -0.39 is 6.36 Å². The van der Waals surface area contributed by atoms with Gasteiger partial charge in [-0.25, -0.2) is 4.85 Å². The molecule has 0 N–H and O–H groups in total. The molecule has 28 heavy (non-hydrogen) atoms. The third-order valence-electron chi connectivity index (χ3n) is 5.98. The summed E-state index contributed by atoms with van der Waals surface area (Å²) < 4.78 is 46.4. The number of anilines is 1. The maximum atomic E-state index is 12.5. The molecule has 0 amide bonds. The number of benzene rings is 1. The number of carbonyl (C=O) groups is 1. The molecule has 1 saturated carbocycles. The quantitative estimate of drug-likeness (QED) is 0.382. The van der Waals surface area contributed by atoms with Gasteiger partial charge in [0.05, 0.1) is 13.2 Å². The van der Waals surface area contributed by atoms with E-state index in [1.54, 1.807) is 0 Å². The van der Waals surface area contributed by atoms with Crippen LogP contribution >= 0.6 is 0 Å². The number of alkyl halides is 3. The maximum Gasteiger partial charge on any atom is 0.573 e. The van der Waals surface area contributed by atoms with Gasteiger partial charge < -0.3 is 14.4 Å². The van der Waals surface area contributed by atoms with Crippen LogP contribution in [-0.4, -0.2) is 32.5 Å². The number of carbonyl (C=O) groups excluding carboxylic acids is 1. The largest absolute Gasteiger partial charge is 0.573 e. The zero-order valence-electron chi connectivity index (χ0n) is 15.5. The monoisotopic (exact) mass is 396 g/mol. The van der Waals surface area contributed by atoms with Gasteiger partial charge in [-0.05, 0) is 62.0 Å². The summed E-state index contributed by atoms with van der Waals surface area (Å²) in [5.41, 5.74) is 1.09. The van der Waals surface area contributed by atoms with Crippen LogP contribution in [0.1, 0.15) is 38.5 Å². The predicted octanol–water partition coefficient (Wildman–Crippen LogP) is 5.09. The van der Waals surface area contributed by atoms with Gasteiger partial charge in [-0.3, -0.25) is 4.79 Å². The van der Waals surface area contributed by atoms with Gasteiger partial charge >= 0.3 is 6.36 Å². The summed E-state index contributed by atoms with van der Waals surface area (Å²) in [6.45, 7) is 9.66. The van der Waals surface area contributed by atoms with E-state index in [0.29, 0.717) is 43.5 Å². The van der Waals surface area contributed by atoms with Crippen molar-refractivity contribution < 1.29 is 27.4 Å². The highest BCUT2D eigenvalue weighted by molar-refractivity contribution is 5.73. The fourth-order valence-corrected chi connectivity index (χ4v) is 4.58. The van der Waals surface area contributed by atoms with Crippen LogP contribution in [0.15, 0.2) is 18.2 Å². The normalized spacial score (nSPS) is 21.4. The number of rotatable bonds is 6. The molecule has 1 heterocycles. The molecule has 0 bridgehead atoms. The van der Waals surface area contributed by atoms with Gasteiger partial charge in [0.25, 0.3) is 6.47 Å². The molecule has 8 heteroatoms. The van der Waals surface area contributed by atoms with Gasteiger partial charge in [0, 0.05) is 18.8 Å². The third kappa shape index (κ3) is 4.89. The first-order chi connectivity index (χ1) is 13.3. The summed E-state index contributed by atoms with van der Waals surface area (Å²) in [7, 11) is 0. The third-order valence-corrected chi connectivity index (χ3v) is 5.98. The van der Waals surface area contributed by atoms with Crippen molar-refractivity contribution in [3.63, 3.8) is 0 Å². The van der Waals surface area contributed by atoms with Crippen molar-refractivity contribution in [1.29, 1.82) is 0 Å². The lowest BCUT2D eigenvalue weighted by Crippen LogP contribution is -2.39. The van der Waals surface area contributed by atoms with Gasteiger partial charge in [0.1, 0.15) is 5.75 Å². The van der Waals surface area contributed by atoms with E-state index in [2.05, 4.69) is 9.58 Å². The maximum absolute atomic E-state index is 12.5. The van der Waals surface area contributed by atoms with Gasteiger partial charge in [-0.2, -0.15) is 0 Å². The second-order valence-electron chi connectivity index (χ2n) is 7.66. The molecule has 1 aromatic rings. The molecular formula is C20H23F3N2O3. The molecule has 2 fully saturated rings. The molecule has 1 aliphatic heterocycles. The highest BCUT2D eigenvalue weighted by Gasteiger charge is 2.41. The molecule has 0 aromatic heterocycles. The standard InChI is InChI=1S/C20H23F3N2O3/c1-24-17-3-2-16(28-20(21,22)23)12-18(17)25-9-7-19(8-10-25)6-4-15(13-19)5-11-27-14-26/h2-3,12,14-15H,4-11,13H2. The zero-order chi connectivity index (χ0) is 20.2. The Bertz CT molecular complexity index is 737.